The van der Waals surface area contributed by atoms with Crippen molar-refractivity contribution in [1.29, 1.82) is 0 Å². The van der Waals surface area contributed by atoms with Crippen LogP contribution in [0.25, 0.3) is 11.1 Å². The first kappa shape index (κ1) is 41.3. The van der Waals surface area contributed by atoms with Gasteiger partial charge in [0.2, 0.25) is 5.91 Å². The zero-order valence-electron chi connectivity index (χ0n) is 32.3. The van der Waals surface area contributed by atoms with E-state index in [2.05, 4.69) is 20.9 Å². The van der Waals surface area contributed by atoms with Gasteiger partial charge in [0.05, 0.1) is 19.2 Å². The maximum atomic E-state index is 13.6. The molecule has 0 radical (unpaired) electrons. The monoisotopic (exact) mass is 777 g/mol. The maximum absolute atomic E-state index is 13.6. The van der Waals surface area contributed by atoms with Crippen LogP contribution in [0.4, 0.5) is 4.79 Å². The molecular weight excluding hydrogens is 730 g/mol. The first-order valence-corrected chi connectivity index (χ1v) is 18.2. The molecule has 300 valence electrons. The van der Waals surface area contributed by atoms with Crippen LogP contribution in [0, 0.1) is 5.92 Å². The number of rotatable bonds is 13. The molecule has 1 fully saturated rings. The molecule has 1 aliphatic carbocycles. The Hall–Kier alpha value is -5.84. The van der Waals surface area contributed by atoms with Crippen LogP contribution < -0.4 is 10.6 Å². The third kappa shape index (κ3) is 10.5. The van der Waals surface area contributed by atoms with E-state index in [0.29, 0.717) is 0 Å². The third-order valence-corrected chi connectivity index (χ3v) is 9.08. The lowest BCUT2D eigenvalue weighted by atomic mass is 9.90. The standard InChI is InChI=1S/C39H47N5O12/c1-21-32(20-51-22(2)45)55-37(35(54-24(4)47)34(21)53-23(3)46)44-18-25(42-43-44)17-40-36(49)31(16-33(48)56-39(5,6)7)41-38(50)52-19-30-28-14-10-8-12-26(28)27-13-9-11-15-29(27)30/h8-15,18,21,30-32,34-35,37H,16-17,19-20H2,1-7H3,(H,40,49)(H,41,50)/t21-,31-,32?,34?,35?,37+/m0/s1. The van der Waals surface area contributed by atoms with Gasteiger partial charge in [0.15, 0.2) is 12.3 Å². The summed E-state index contributed by atoms with van der Waals surface area (Å²) in [5.74, 6) is -4.15. The summed E-state index contributed by atoms with van der Waals surface area (Å²) >= 11 is 0. The predicted molar refractivity (Wildman–Crippen MR) is 195 cm³/mol. The van der Waals surface area contributed by atoms with Crippen LogP contribution >= 0.6 is 0 Å². The average Bonchev–Trinajstić information content (AvgIpc) is 3.72. The highest BCUT2D eigenvalue weighted by molar-refractivity contribution is 5.89. The van der Waals surface area contributed by atoms with Crippen LogP contribution in [0.1, 0.15) is 83.9 Å². The maximum Gasteiger partial charge on any atom is 0.407 e. The number of nitrogens with one attached hydrogen (secondary N) is 2. The number of alkyl carbamates (subject to hydrolysis) is 1. The summed E-state index contributed by atoms with van der Waals surface area (Å²) < 4.78 is 34.7. The van der Waals surface area contributed by atoms with Gasteiger partial charge in [-0.2, -0.15) is 0 Å². The van der Waals surface area contributed by atoms with E-state index < -0.39 is 84.4 Å². The van der Waals surface area contributed by atoms with E-state index in [9.17, 15) is 28.8 Å². The summed E-state index contributed by atoms with van der Waals surface area (Å²) in [4.78, 5) is 75.4. The molecule has 2 aliphatic rings. The van der Waals surface area contributed by atoms with Crippen molar-refractivity contribution >= 4 is 35.9 Å². The SMILES string of the molecule is CC(=O)OCC1O[C@@H](n2cc(CNC(=O)[C@H](CC(=O)OC(C)(C)C)NC(=O)OCC3c4ccccc4-c4ccccc43)nn2)C(OC(C)=O)C(OC(C)=O)[C@H]1C. The molecule has 0 bridgehead atoms. The molecule has 2 aromatic carbocycles. The third-order valence-electron chi connectivity index (χ3n) is 9.08. The molecule has 17 nitrogen and oxygen atoms in total. The van der Waals surface area contributed by atoms with Crippen LogP contribution in [-0.4, -0.2) is 94.0 Å². The fourth-order valence-electron chi connectivity index (χ4n) is 6.70. The van der Waals surface area contributed by atoms with Gasteiger partial charge in [-0.25, -0.2) is 9.48 Å². The number of aromatic nitrogens is 3. The average molecular weight is 778 g/mol. The van der Waals surface area contributed by atoms with E-state index >= 15 is 0 Å². The molecule has 2 amide bonds. The van der Waals surface area contributed by atoms with Crippen molar-refractivity contribution in [3.05, 3.63) is 71.5 Å². The molecule has 1 aromatic heterocycles. The van der Waals surface area contributed by atoms with Crippen molar-refractivity contribution in [2.75, 3.05) is 13.2 Å². The minimum Gasteiger partial charge on any atom is -0.463 e. The van der Waals surface area contributed by atoms with Gasteiger partial charge in [-0.3, -0.25) is 24.0 Å². The zero-order valence-corrected chi connectivity index (χ0v) is 32.3. The molecule has 2 heterocycles. The number of ether oxygens (including phenoxy) is 6. The molecule has 3 unspecified atom stereocenters. The normalized spacial score (nSPS) is 20.7. The molecule has 17 heteroatoms. The molecule has 0 spiro atoms. The Balaban J connectivity index is 1.28. The van der Waals surface area contributed by atoms with Gasteiger partial charge in [0.1, 0.15) is 42.8 Å². The first-order chi connectivity index (χ1) is 26.5. The first-order valence-electron chi connectivity index (χ1n) is 18.2. The van der Waals surface area contributed by atoms with Gasteiger partial charge in [0.25, 0.3) is 0 Å². The number of hydrogen-bond acceptors (Lipinski definition) is 14. The van der Waals surface area contributed by atoms with Crippen molar-refractivity contribution in [3.8, 4) is 11.1 Å². The second-order valence-corrected chi connectivity index (χ2v) is 14.6. The Kier molecular flexibility index (Phi) is 13.1. The van der Waals surface area contributed by atoms with Gasteiger partial charge < -0.3 is 39.1 Å². The van der Waals surface area contributed by atoms with Gasteiger partial charge in [-0.05, 0) is 43.0 Å². The zero-order chi connectivity index (χ0) is 40.7. The highest BCUT2D eigenvalue weighted by atomic mass is 16.6. The van der Waals surface area contributed by atoms with Gasteiger partial charge in [-0.1, -0.05) is 60.7 Å². The van der Waals surface area contributed by atoms with Crippen molar-refractivity contribution in [2.24, 2.45) is 5.92 Å². The number of carbonyl (C=O) groups excluding carboxylic acids is 6. The Bertz CT molecular complexity index is 1890. The second-order valence-electron chi connectivity index (χ2n) is 14.6. The number of esters is 4. The number of carbonyl (C=O) groups is 6. The lowest BCUT2D eigenvalue weighted by molar-refractivity contribution is -0.250. The lowest BCUT2D eigenvalue weighted by Gasteiger charge is -2.43. The van der Waals surface area contributed by atoms with Gasteiger partial charge in [0, 0.05) is 32.6 Å². The molecule has 3 aromatic rings. The number of benzene rings is 2. The number of amides is 2. The van der Waals surface area contributed by atoms with E-state index in [1.165, 1.54) is 31.6 Å². The molecule has 0 saturated carbocycles. The molecule has 1 saturated heterocycles. The van der Waals surface area contributed by atoms with Crippen LogP contribution in [0.2, 0.25) is 0 Å². The summed E-state index contributed by atoms with van der Waals surface area (Å²) in [7, 11) is 0. The van der Waals surface area contributed by atoms with Crippen LogP contribution in [0.15, 0.2) is 54.7 Å². The Morgan fingerprint density at radius 2 is 1.45 bits per heavy atom. The van der Waals surface area contributed by atoms with Crippen molar-refractivity contribution < 1.29 is 57.2 Å². The van der Waals surface area contributed by atoms with Gasteiger partial charge >= 0.3 is 30.0 Å². The summed E-state index contributed by atoms with van der Waals surface area (Å²) in [5.41, 5.74) is 3.47. The Morgan fingerprint density at radius 3 is 2.04 bits per heavy atom. The summed E-state index contributed by atoms with van der Waals surface area (Å²) in [6, 6.07) is 14.3. The van der Waals surface area contributed by atoms with Crippen LogP contribution in [0.3, 0.4) is 0 Å². The molecule has 6 atom stereocenters. The van der Waals surface area contributed by atoms with E-state index in [1.54, 1.807) is 27.7 Å². The summed E-state index contributed by atoms with van der Waals surface area (Å²) in [6.07, 6.45) is -4.18. The van der Waals surface area contributed by atoms with E-state index in [0.717, 1.165) is 22.3 Å². The largest absolute Gasteiger partial charge is 0.463 e. The number of hydrogen-bond donors (Lipinski definition) is 2. The molecule has 2 N–H and O–H groups in total. The van der Waals surface area contributed by atoms with Crippen molar-refractivity contribution in [1.82, 2.24) is 25.6 Å². The minimum absolute atomic E-state index is 0.0137. The molecular formula is C39H47N5O12. The highest BCUT2D eigenvalue weighted by Gasteiger charge is 2.49. The van der Waals surface area contributed by atoms with Crippen LogP contribution in [-0.2, 0) is 58.9 Å². The van der Waals surface area contributed by atoms with E-state index in [4.69, 9.17) is 28.4 Å². The molecule has 1 aliphatic heterocycles. The Morgan fingerprint density at radius 1 is 0.839 bits per heavy atom. The predicted octanol–water partition coefficient (Wildman–Crippen LogP) is 3.49. The number of fused-ring (bicyclic) bond motifs is 3. The number of nitrogens with zero attached hydrogens (tertiary/aromatic N) is 3. The van der Waals surface area contributed by atoms with Crippen molar-refractivity contribution in [3.63, 3.8) is 0 Å². The summed E-state index contributed by atoms with van der Waals surface area (Å²) in [6.45, 7) is 9.93. The lowest BCUT2D eigenvalue weighted by Crippen LogP contribution is -2.55. The molecule has 5 rings (SSSR count). The fourth-order valence-corrected chi connectivity index (χ4v) is 6.70. The Labute approximate surface area is 323 Å². The quantitative estimate of drug-likeness (QED) is 0.188. The second kappa shape index (κ2) is 17.7. The van der Waals surface area contributed by atoms with Crippen molar-refractivity contribution in [2.45, 2.75) is 104 Å². The van der Waals surface area contributed by atoms with Gasteiger partial charge in [-0.15, -0.1) is 5.10 Å². The van der Waals surface area contributed by atoms with E-state index in [1.807, 2.05) is 48.5 Å². The topological polar surface area (TPSA) is 213 Å². The van der Waals surface area contributed by atoms with E-state index in [-0.39, 0.29) is 31.4 Å². The summed E-state index contributed by atoms with van der Waals surface area (Å²) in [5, 5.41) is 13.4. The molecule has 56 heavy (non-hydrogen) atoms. The fraction of sp³-hybridized carbons (Fsp3) is 0.487. The smallest absolute Gasteiger partial charge is 0.407 e. The highest BCUT2D eigenvalue weighted by Crippen LogP contribution is 2.44. The minimum atomic E-state index is -1.39. The van der Waals surface area contributed by atoms with Crippen LogP contribution in [0.5, 0.6) is 0 Å².